The normalized spacial score (nSPS) is 32.4. The lowest BCUT2D eigenvalue weighted by atomic mass is 9.63. The molecule has 0 aliphatic heterocycles. The van der Waals surface area contributed by atoms with E-state index in [2.05, 4.69) is 62.0 Å². The quantitative estimate of drug-likeness (QED) is 0.508. The second kappa shape index (κ2) is 4.39. The first kappa shape index (κ1) is 15.8. The van der Waals surface area contributed by atoms with E-state index in [1.54, 1.807) is 0 Å². The predicted octanol–water partition coefficient (Wildman–Crippen LogP) is 6.22. The summed E-state index contributed by atoms with van der Waals surface area (Å²) in [5.74, 6) is 0. The summed E-state index contributed by atoms with van der Waals surface area (Å²) in [6.45, 7) is 23.4. The maximum atomic E-state index is 4.21. The van der Waals surface area contributed by atoms with Crippen molar-refractivity contribution in [2.45, 2.75) is 81.1 Å². The van der Waals surface area contributed by atoms with Crippen LogP contribution in [0.15, 0.2) is 12.2 Å². The highest BCUT2D eigenvalue weighted by molar-refractivity contribution is 5.16. The van der Waals surface area contributed by atoms with Crippen LogP contribution in [-0.2, 0) is 0 Å². The fourth-order valence-corrected chi connectivity index (χ4v) is 3.29. The van der Waals surface area contributed by atoms with Gasteiger partial charge in [0.1, 0.15) is 0 Å². The summed E-state index contributed by atoms with van der Waals surface area (Å²) in [5.41, 5.74) is 3.22. The Bertz CT molecular complexity index is 328. The zero-order valence-electron chi connectivity index (χ0n) is 14.0. The van der Waals surface area contributed by atoms with Gasteiger partial charge in [-0.25, -0.2) is 0 Å². The zero-order chi connectivity index (χ0) is 14.4. The van der Waals surface area contributed by atoms with Crippen molar-refractivity contribution in [1.82, 2.24) is 0 Å². The van der Waals surface area contributed by atoms with E-state index < -0.39 is 0 Å². The van der Waals surface area contributed by atoms with Crippen LogP contribution in [0.5, 0.6) is 0 Å². The van der Waals surface area contributed by atoms with E-state index in [-0.39, 0.29) is 0 Å². The van der Waals surface area contributed by atoms with Crippen LogP contribution in [0.4, 0.5) is 0 Å². The van der Waals surface area contributed by atoms with Crippen molar-refractivity contribution in [1.29, 1.82) is 0 Å². The van der Waals surface area contributed by atoms with Crippen molar-refractivity contribution in [3.8, 4) is 0 Å². The highest BCUT2D eigenvalue weighted by atomic mass is 14.7. The molecule has 1 saturated carbocycles. The molecule has 18 heavy (non-hydrogen) atoms. The third-order valence-corrected chi connectivity index (χ3v) is 6.12. The molecule has 0 radical (unpaired) electrons. The molecule has 0 heteroatoms. The van der Waals surface area contributed by atoms with E-state index in [1.165, 1.54) is 24.8 Å². The average Bonchev–Trinajstić information content (AvgIpc) is 2.63. The second-order valence-corrected chi connectivity index (χ2v) is 8.89. The molecule has 0 aromatic heterocycles. The van der Waals surface area contributed by atoms with Crippen LogP contribution < -0.4 is 0 Å². The molecule has 0 N–H and O–H groups in total. The predicted molar refractivity (Wildman–Crippen MR) is 82.7 cm³/mol. The van der Waals surface area contributed by atoms with Crippen LogP contribution >= 0.6 is 0 Å². The molecule has 0 heterocycles. The van der Waals surface area contributed by atoms with Gasteiger partial charge in [-0.15, -0.1) is 0 Å². The van der Waals surface area contributed by atoms with Gasteiger partial charge in [0.2, 0.25) is 0 Å². The molecular weight excluding hydrogens is 216 g/mol. The molecule has 1 rings (SSSR count). The molecule has 0 nitrogen and oxygen atoms in total. The summed E-state index contributed by atoms with van der Waals surface area (Å²) in [7, 11) is 0. The number of rotatable bonds is 5. The van der Waals surface area contributed by atoms with E-state index in [9.17, 15) is 0 Å². The van der Waals surface area contributed by atoms with Crippen LogP contribution in [0.1, 0.15) is 81.1 Å². The molecule has 1 aliphatic carbocycles. The van der Waals surface area contributed by atoms with Crippen LogP contribution in [0.25, 0.3) is 0 Å². The van der Waals surface area contributed by atoms with Gasteiger partial charge in [-0.1, -0.05) is 67.5 Å². The standard InChI is InChI=1S/C18H34/c1-10-14(2)11-17(8)13-18(17,9)12-16(6,7)15(3,4)5/h2,10-13H2,1,3-9H3. The summed E-state index contributed by atoms with van der Waals surface area (Å²) in [5, 5.41) is 0. The Kier molecular flexibility index (Phi) is 3.85. The molecule has 1 fully saturated rings. The van der Waals surface area contributed by atoms with Gasteiger partial charge >= 0.3 is 0 Å². The molecule has 0 saturated heterocycles. The topological polar surface area (TPSA) is 0 Å². The van der Waals surface area contributed by atoms with Gasteiger partial charge in [0.05, 0.1) is 0 Å². The average molecular weight is 250 g/mol. The Morgan fingerprint density at radius 2 is 1.56 bits per heavy atom. The molecule has 0 aromatic rings. The summed E-state index contributed by atoms with van der Waals surface area (Å²) in [6.07, 6.45) is 5.06. The van der Waals surface area contributed by atoms with Crippen molar-refractivity contribution >= 4 is 0 Å². The number of hydrogen-bond acceptors (Lipinski definition) is 0. The lowest BCUT2D eigenvalue weighted by Crippen LogP contribution is -2.33. The Morgan fingerprint density at radius 3 is 1.94 bits per heavy atom. The maximum Gasteiger partial charge on any atom is -0.0229 e. The summed E-state index contributed by atoms with van der Waals surface area (Å²) in [4.78, 5) is 0. The van der Waals surface area contributed by atoms with E-state index in [4.69, 9.17) is 0 Å². The van der Waals surface area contributed by atoms with Gasteiger partial charge in [-0.3, -0.25) is 0 Å². The Balaban J connectivity index is 2.73. The fraction of sp³-hybridized carbons (Fsp3) is 0.889. The molecule has 2 atom stereocenters. The molecule has 2 unspecified atom stereocenters. The fourth-order valence-electron chi connectivity index (χ4n) is 3.29. The Hall–Kier alpha value is -0.260. The molecule has 0 amide bonds. The smallest absolute Gasteiger partial charge is 0.0229 e. The highest BCUT2D eigenvalue weighted by Gasteiger charge is 2.62. The lowest BCUT2D eigenvalue weighted by Gasteiger charge is -2.42. The summed E-state index contributed by atoms with van der Waals surface area (Å²) in [6, 6.07) is 0. The third-order valence-electron chi connectivity index (χ3n) is 6.12. The molecule has 1 aliphatic rings. The Labute approximate surface area is 115 Å². The van der Waals surface area contributed by atoms with Gasteiger partial charge < -0.3 is 0 Å². The van der Waals surface area contributed by atoms with Crippen molar-refractivity contribution in [3.05, 3.63) is 12.2 Å². The molecule has 106 valence electrons. The van der Waals surface area contributed by atoms with Crippen LogP contribution in [-0.4, -0.2) is 0 Å². The Morgan fingerprint density at radius 1 is 1.06 bits per heavy atom. The SMILES string of the molecule is C=C(CC)CC1(C)CC1(C)CC(C)(C)C(C)(C)C. The lowest BCUT2D eigenvalue weighted by molar-refractivity contribution is 0.0816. The monoisotopic (exact) mass is 250 g/mol. The number of allylic oxidation sites excluding steroid dienone is 1. The minimum absolute atomic E-state index is 0.376. The van der Waals surface area contributed by atoms with E-state index in [0.717, 1.165) is 6.42 Å². The van der Waals surface area contributed by atoms with Crippen molar-refractivity contribution in [2.24, 2.45) is 21.7 Å². The van der Waals surface area contributed by atoms with Crippen LogP contribution in [0.2, 0.25) is 0 Å². The van der Waals surface area contributed by atoms with Gasteiger partial charge in [0.25, 0.3) is 0 Å². The first-order valence-electron chi connectivity index (χ1n) is 7.54. The summed E-state index contributed by atoms with van der Waals surface area (Å²) < 4.78 is 0. The van der Waals surface area contributed by atoms with Gasteiger partial charge in [-0.2, -0.15) is 0 Å². The van der Waals surface area contributed by atoms with Crippen LogP contribution in [0, 0.1) is 21.7 Å². The second-order valence-electron chi connectivity index (χ2n) is 8.89. The van der Waals surface area contributed by atoms with Crippen molar-refractivity contribution < 1.29 is 0 Å². The largest absolute Gasteiger partial charge is 0.0999 e. The van der Waals surface area contributed by atoms with Crippen LogP contribution in [0.3, 0.4) is 0 Å². The first-order valence-corrected chi connectivity index (χ1v) is 7.54. The molecule has 0 bridgehead atoms. The van der Waals surface area contributed by atoms with E-state index in [0.29, 0.717) is 21.7 Å². The zero-order valence-corrected chi connectivity index (χ0v) is 14.0. The third kappa shape index (κ3) is 2.83. The molecule has 0 spiro atoms. The molecular formula is C18H34. The highest BCUT2D eigenvalue weighted by Crippen LogP contribution is 2.71. The van der Waals surface area contributed by atoms with Gasteiger partial charge in [-0.05, 0) is 47.3 Å². The van der Waals surface area contributed by atoms with E-state index >= 15 is 0 Å². The maximum absolute atomic E-state index is 4.21. The minimum Gasteiger partial charge on any atom is -0.0999 e. The van der Waals surface area contributed by atoms with Gasteiger partial charge in [0, 0.05) is 0 Å². The van der Waals surface area contributed by atoms with Crippen molar-refractivity contribution in [2.75, 3.05) is 0 Å². The molecule has 0 aromatic carbocycles. The summed E-state index contributed by atoms with van der Waals surface area (Å²) >= 11 is 0. The number of hydrogen-bond donors (Lipinski definition) is 0. The first-order chi connectivity index (χ1) is 7.87. The van der Waals surface area contributed by atoms with Gasteiger partial charge in [0.15, 0.2) is 0 Å². The minimum atomic E-state index is 0.376. The van der Waals surface area contributed by atoms with E-state index in [1.807, 2.05) is 0 Å². The van der Waals surface area contributed by atoms with Crippen molar-refractivity contribution in [3.63, 3.8) is 0 Å².